The van der Waals surface area contributed by atoms with Gasteiger partial charge >= 0.3 is 0 Å². The van der Waals surface area contributed by atoms with Crippen molar-refractivity contribution in [1.82, 2.24) is 4.90 Å². The number of amides is 1. The van der Waals surface area contributed by atoms with Crippen LogP contribution in [0.5, 0.6) is 5.75 Å². The third kappa shape index (κ3) is 4.48. The van der Waals surface area contributed by atoms with Crippen LogP contribution in [0.1, 0.15) is 22.3 Å². The molecule has 2 aromatic rings. The molecule has 0 saturated carbocycles. The summed E-state index contributed by atoms with van der Waals surface area (Å²) in [6.07, 6.45) is 0.340. The van der Waals surface area contributed by atoms with Crippen LogP contribution in [-0.4, -0.2) is 48.8 Å². The van der Waals surface area contributed by atoms with E-state index in [0.29, 0.717) is 12.2 Å². The van der Waals surface area contributed by atoms with E-state index in [-0.39, 0.29) is 29.3 Å². The Morgan fingerprint density at radius 3 is 2.64 bits per heavy atom. The van der Waals surface area contributed by atoms with Gasteiger partial charge in [0.25, 0.3) is 11.6 Å². The third-order valence-electron chi connectivity index (χ3n) is 4.70. The number of ether oxygens (including phenoxy) is 1. The predicted molar refractivity (Wildman–Crippen MR) is 103 cm³/mol. The van der Waals surface area contributed by atoms with Crippen LogP contribution < -0.4 is 4.74 Å². The van der Waals surface area contributed by atoms with Gasteiger partial charge in [-0.3, -0.25) is 14.9 Å². The molecule has 28 heavy (non-hydrogen) atoms. The van der Waals surface area contributed by atoms with E-state index < -0.39 is 26.7 Å². The van der Waals surface area contributed by atoms with E-state index >= 15 is 0 Å². The van der Waals surface area contributed by atoms with Crippen molar-refractivity contribution in [2.24, 2.45) is 0 Å². The Morgan fingerprint density at radius 2 is 2.00 bits per heavy atom. The van der Waals surface area contributed by atoms with Crippen LogP contribution in [0.4, 0.5) is 5.69 Å². The summed E-state index contributed by atoms with van der Waals surface area (Å²) in [5, 5.41) is 11.0. The average Bonchev–Trinajstić information content (AvgIpc) is 3.05. The van der Waals surface area contributed by atoms with Crippen molar-refractivity contribution in [3.63, 3.8) is 0 Å². The summed E-state index contributed by atoms with van der Waals surface area (Å²) in [6.45, 7) is 0.179. The second-order valence-electron chi connectivity index (χ2n) is 6.65. The fourth-order valence-electron chi connectivity index (χ4n) is 3.27. The van der Waals surface area contributed by atoms with Crippen LogP contribution in [-0.2, 0) is 16.4 Å². The maximum atomic E-state index is 13.2. The maximum Gasteiger partial charge on any atom is 0.270 e. The van der Waals surface area contributed by atoms with Crippen molar-refractivity contribution in [2.75, 3.05) is 18.6 Å². The Balaban J connectivity index is 1.94. The van der Waals surface area contributed by atoms with Gasteiger partial charge in [-0.25, -0.2) is 8.42 Å². The molecule has 148 valence electrons. The molecule has 1 fully saturated rings. The molecule has 0 spiro atoms. The highest BCUT2D eigenvalue weighted by Gasteiger charge is 2.35. The summed E-state index contributed by atoms with van der Waals surface area (Å²) in [5.41, 5.74) is 0.745. The van der Waals surface area contributed by atoms with Crippen LogP contribution in [0.2, 0.25) is 0 Å². The minimum Gasteiger partial charge on any atom is -0.497 e. The molecule has 3 rings (SSSR count). The van der Waals surface area contributed by atoms with E-state index in [0.717, 1.165) is 5.56 Å². The van der Waals surface area contributed by atoms with Gasteiger partial charge in [-0.2, -0.15) is 0 Å². The first-order valence-corrected chi connectivity index (χ1v) is 10.5. The zero-order chi connectivity index (χ0) is 20.3. The fraction of sp³-hybridized carbons (Fsp3) is 0.316. The molecule has 1 saturated heterocycles. The van der Waals surface area contributed by atoms with Gasteiger partial charge in [-0.1, -0.05) is 18.2 Å². The normalized spacial score (nSPS) is 17.8. The van der Waals surface area contributed by atoms with E-state index in [1.807, 2.05) is 6.07 Å². The lowest BCUT2D eigenvalue weighted by Crippen LogP contribution is -2.40. The number of rotatable bonds is 6. The largest absolute Gasteiger partial charge is 0.497 e. The Hall–Kier alpha value is -2.94. The number of carbonyl (C=O) groups is 1. The van der Waals surface area contributed by atoms with E-state index in [1.54, 1.807) is 18.2 Å². The number of nitro groups is 1. The van der Waals surface area contributed by atoms with Gasteiger partial charge in [0.1, 0.15) is 5.75 Å². The van der Waals surface area contributed by atoms with Gasteiger partial charge in [0.05, 0.1) is 23.5 Å². The SMILES string of the molecule is COc1cccc(CN(C(=O)c2cccc([N+](=O)[O-])c2)C2CCS(=O)(=O)C2)c1. The lowest BCUT2D eigenvalue weighted by molar-refractivity contribution is -0.384. The Kier molecular flexibility index (Phi) is 5.64. The smallest absolute Gasteiger partial charge is 0.270 e. The van der Waals surface area contributed by atoms with Crippen LogP contribution in [0.15, 0.2) is 48.5 Å². The molecule has 0 aromatic heterocycles. The second-order valence-corrected chi connectivity index (χ2v) is 8.88. The van der Waals surface area contributed by atoms with Crippen molar-refractivity contribution in [2.45, 2.75) is 19.0 Å². The molecule has 8 nitrogen and oxygen atoms in total. The highest BCUT2D eigenvalue weighted by Crippen LogP contribution is 2.25. The fourth-order valence-corrected chi connectivity index (χ4v) is 5.00. The Labute approximate surface area is 162 Å². The van der Waals surface area contributed by atoms with E-state index in [4.69, 9.17) is 4.74 Å². The topological polar surface area (TPSA) is 107 Å². The van der Waals surface area contributed by atoms with Crippen LogP contribution in [0.3, 0.4) is 0 Å². The second kappa shape index (κ2) is 7.97. The summed E-state index contributed by atoms with van der Waals surface area (Å²) in [4.78, 5) is 25.1. The zero-order valence-electron chi connectivity index (χ0n) is 15.3. The highest BCUT2D eigenvalue weighted by atomic mass is 32.2. The van der Waals surface area contributed by atoms with Gasteiger partial charge in [0, 0.05) is 30.3 Å². The van der Waals surface area contributed by atoms with Gasteiger partial charge in [-0.15, -0.1) is 0 Å². The number of carbonyl (C=O) groups excluding carboxylic acids is 1. The van der Waals surface area contributed by atoms with Gasteiger partial charge < -0.3 is 9.64 Å². The van der Waals surface area contributed by atoms with Crippen LogP contribution in [0.25, 0.3) is 0 Å². The standard InChI is InChI=1S/C19H20N2O6S/c1-27-18-7-2-4-14(10-18)12-20(17-8-9-28(25,26)13-17)19(22)15-5-3-6-16(11-15)21(23)24/h2-7,10-11,17H,8-9,12-13H2,1H3. The molecule has 9 heteroatoms. The lowest BCUT2D eigenvalue weighted by atomic mass is 10.1. The average molecular weight is 404 g/mol. The number of sulfone groups is 1. The van der Waals surface area contributed by atoms with Gasteiger partial charge in [0.2, 0.25) is 0 Å². The Morgan fingerprint density at radius 1 is 1.25 bits per heavy atom. The molecule has 2 aromatic carbocycles. The van der Waals surface area contributed by atoms with Crippen molar-refractivity contribution in [3.8, 4) is 5.75 Å². The number of hydrogen-bond acceptors (Lipinski definition) is 6. The minimum atomic E-state index is -3.21. The summed E-state index contributed by atoms with van der Waals surface area (Å²) < 4.78 is 29.1. The number of non-ortho nitro benzene ring substituents is 1. The molecule has 0 bridgehead atoms. The molecule has 1 unspecified atom stereocenters. The molecule has 1 aliphatic rings. The van der Waals surface area contributed by atoms with Crippen molar-refractivity contribution in [3.05, 3.63) is 69.8 Å². The van der Waals surface area contributed by atoms with Crippen LogP contribution in [0, 0.1) is 10.1 Å². The number of nitro benzene ring substituents is 1. The number of benzene rings is 2. The summed E-state index contributed by atoms with van der Waals surface area (Å²) >= 11 is 0. The molecule has 1 heterocycles. The molecule has 0 radical (unpaired) electrons. The first kappa shape index (κ1) is 19.8. The maximum absolute atomic E-state index is 13.2. The van der Waals surface area contributed by atoms with E-state index in [2.05, 4.69) is 0 Å². The first-order valence-electron chi connectivity index (χ1n) is 8.68. The van der Waals surface area contributed by atoms with Gasteiger partial charge in [0.15, 0.2) is 9.84 Å². The molecule has 1 amide bonds. The lowest BCUT2D eigenvalue weighted by Gasteiger charge is -2.28. The van der Waals surface area contributed by atoms with Crippen LogP contribution >= 0.6 is 0 Å². The van der Waals surface area contributed by atoms with Gasteiger partial charge in [-0.05, 0) is 30.2 Å². The number of nitrogens with zero attached hydrogens (tertiary/aromatic N) is 2. The van der Waals surface area contributed by atoms with E-state index in [1.165, 1.54) is 36.3 Å². The molecular formula is C19H20N2O6S. The third-order valence-corrected chi connectivity index (χ3v) is 6.45. The predicted octanol–water partition coefficient (Wildman–Crippen LogP) is 2.43. The van der Waals surface area contributed by atoms with Crippen molar-refractivity contribution in [1.29, 1.82) is 0 Å². The molecule has 0 N–H and O–H groups in total. The molecule has 0 aliphatic carbocycles. The minimum absolute atomic E-state index is 0.0223. The Bertz CT molecular complexity index is 1000. The monoisotopic (exact) mass is 404 g/mol. The highest BCUT2D eigenvalue weighted by molar-refractivity contribution is 7.91. The van der Waals surface area contributed by atoms with Crippen molar-refractivity contribution >= 4 is 21.4 Å². The summed E-state index contributed by atoms with van der Waals surface area (Å²) in [5.74, 6) is 0.0967. The van der Waals surface area contributed by atoms with Crippen molar-refractivity contribution < 1.29 is 22.9 Å². The summed E-state index contributed by atoms with van der Waals surface area (Å²) in [7, 11) is -1.67. The zero-order valence-corrected chi connectivity index (χ0v) is 16.1. The molecule has 1 aliphatic heterocycles. The van der Waals surface area contributed by atoms with E-state index in [9.17, 15) is 23.3 Å². The number of hydrogen-bond donors (Lipinski definition) is 0. The first-order chi connectivity index (χ1) is 13.3. The molecular weight excluding hydrogens is 384 g/mol. The quantitative estimate of drug-likeness (QED) is 0.541. The summed E-state index contributed by atoms with van der Waals surface area (Å²) in [6, 6.07) is 12.1. The number of methoxy groups -OCH3 is 1. The molecule has 1 atom stereocenters.